The molecule has 0 spiro atoms. The largest absolute Gasteiger partial charge is 0.493 e. The Morgan fingerprint density at radius 2 is 1.79 bits per heavy atom. The predicted molar refractivity (Wildman–Crippen MR) is 189 cm³/mol. The van der Waals surface area contributed by atoms with E-state index in [1.807, 2.05) is 54.6 Å². The molecule has 0 saturated carbocycles. The molecule has 0 amide bonds. The first-order valence-electron chi connectivity index (χ1n) is 14.6. The quantitative estimate of drug-likeness (QED) is 0.120. The molecule has 0 aliphatic carbocycles. The highest BCUT2D eigenvalue weighted by atomic mass is 127. The van der Waals surface area contributed by atoms with Gasteiger partial charge in [0.05, 0.1) is 39.1 Å². The zero-order valence-electron chi connectivity index (χ0n) is 25.2. The van der Waals surface area contributed by atoms with E-state index < -0.39 is 17.8 Å². The van der Waals surface area contributed by atoms with E-state index in [9.17, 15) is 14.0 Å². The molecule has 0 radical (unpaired) electrons. The zero-order valence-corrected chi connectivity index (χ0v) is 28.9. The monoisotopic (exact) mass is 780 g/mol. The molecule has 2 heterocycles. The summed E-state index contributed by atoms with van der Waals surface area (Å²) in [7, 11) is 1.55. The van der Waals surface area contributed by atoms with Crippen LogP contribution in [0.25, 0.3) is 11.8 Å². The van der Waals surface area contributed by atoms with Crippen molar-refractivity contribution < 1.29 is 23.4 Å². The summed E-state index contributed by atoms with van der Waals surface area (Å²) in [6.45, 7) is 2.09. The van der Waals surface area contributed by atoms with Crippen LogP contribution in [0.1, 0.15) is 35.2 Å². The Bertz CT molecular complexity index is 2180. The molecule has 0 N–H and O–H groups in total. The first kappa shape index (κ1) is 32.7. The molecule has 7 nitrogen and oxygen atoms in total. The SMILES string of the molecule is CCOC(=O)C1=C(c2ccccc2)N=c2s/c(=C\c3cc(I)c(OCc4ccccc4Cl)c(OC)c3)c(=O)n2[C@H]1c1ccc(F)cc1. The van der Waals surface area contributed by atoms with E-state index in [0.717, 1.165) is 9.13 Å². The number of rotatable bonds is 9. The second-order valence-corrected chi connectivity index (χ2v) is 13.0. The zero-order chi connectivity index (χ0) is 33.1. The first-order valence-corrected chi connectivity index (χ1v) is 16.8. The highest BCUT2D eigenvalue weighted by Gasteiger charge is 2.35. The van der Waals surface area contributed by atoms with Crippen molar-refractivity contribution in [1.29, 1.82) is 0 Å². The van der Waals surface area contributed by atoms with Gasteiger partial charge in [0.25, 0.3) is 5.56 Å². The fourth-order valence-corrected chi connectivity index (χ4v) is 7.25. The lowest BCUT2D eigenvalue weighted by Gasteiger charge is -2.25. The number of methoxy groups -OCH3 is 1. The van der Waals surface area contributed by atoms with E-state index in [4.69, 9.17) is 30.8 Å². The maximum Gasteiger partial charge on any atom is 0.338 e. The van der Waals surface area contributed by atoms with Crippen LogP contribution in [0.4, 0.5) is 4.39 Å². The van der Waals surface area contributed by atoms with Crippen LogP contribution in [0.3, 0.4) is 0 Å². The van der Waals surface area contributed by atoms with Crippen LogP contribution in [0.5, 0.6) is 11.5 Å². The number of benzene rings is 4. The molecule has 1 aliphatic heterocycles. The Morgan fingerprint density at radius 1 is 1.06 bits per heavy atom. The number of carbonyl (C=O) groups is 1. The average molecular weight is 781 g/mol. The van der Waals surface area contributed by atoms with Crippen LogP contribution >= 0.6 is 45.5 Å². The van der Waals surface area contributed by atoms with Crippen molar-refractivity contribution in [2.75, 3.05) is 13.7 Å². The molecule has 1 atom stereocenters. The normalized spacial score (nSPS) is 14.4. The summed E-state index contributed by atoms with van der Waals surface area (Å²) in [5, 5.41) is 0.606. The summed E-state index contributed by atoms with van der Waals surface area (Å²) in [4.78, 5) is 33.0. The van der Waals surface area contributed by atoms with Crippen LogP contribution in [-0.4, -0.2) is 24.3 Å². The van der Waals surface area contributed by atoms with E-state index in [1.54, 1.807) is 44.4 Å². The van der Waals surface area contributed by atoms with Crippen molar-refractivity contribution in [1.82, 2.24) is 4.57 Å². The van der Waals surface area contributed by atoms with Gasteiger partial charge in [-0.05, 0) is 77.0 Å². The minimum atomic E-state index is -0.904. The van der Waals surface area contributed by atoms with Crippen molar-refractivity contribution in [3.05, 3.63) is 153 Å². The number of halogens is 3. The number of fused-ring (bicyclic) bond motifs is 1. The summed E-state index contributed by atoms with van der Waals surface area (Å²) >= 11 is 9.68. The van der Waals surface area contributed by atoms with Gasteiger partial charge in [-0.3, -0.25) is 9.36 Å². The van der Waals surface area contributed by atoms with Gasteiger partial charge in [0, 0.05) is 16.1 Å². The molecule has 4 aromatic carbocycles. The van der Waals surface area contributed by atoms with Gasteiger partial charge in [0.15, 0.2) is 16.3 Å². The van der Waals surface area contributed by atoms with E-state index in [-0.39, 0.29) is 24.3 Å². The Morgan fingerprint density at radius 3 is 2.49 bits per heavy atom. The van der Waals surface area contributed by atoms with Gasteiger partial charge < -0.3 is 14.2 Å². The topological polar surface area (TPSA) is 79.1 Å². The highest BCUT2D eigenvalue weighted by molar-refractivity contribution is 14.1. The molecule has 5 aromatic rings. The average Bonchev–Trinajstić information content (AvgIpc) is 3.38. The Balaban J connectivity index is 1.49. The molecule has 0 bridgehead atoms. The number of esters is 1. The van der Waals surface area contributed by atoms with Crippen molar-refractivity contribution in [3.63, 3.8) is 0 Å². The number of aromatic nitrogens is 1. The highest BCUT2D eigenvalue weighted by Crippen LogP contribution is 2.37. The summed E-state index contributed by atoms with van der Waals surface area (Å²) in [6, 6.07) is 25.2. The second kappa shape index (κ2) is 14.2. The lowest BCUT2D eigenvalue weighted by molar-refractivity contribution is -0.138. The summed E-state index contributed by atoms with van der Waals surface area (Å²) in [5.41, 5.74) is 3.00. The molecule has 11 heteroatoms. The molecule has 6 rings (SSSR count). The van der Waals surface area contributed by atoms with E-state index in [2.05, 4.69) is 22.6 Å². The standard InChI is InChI=1S/C36H27ClFIN2O5S/c1-3-45-35(43)30-31(22-9-5-4-6-10-22)40-36-41(32(30)23-13-15-25(38)16-14-23)34(42)29(47-36)19-21-17-27(39)33(28(18-21)44-2)46-20-24-11-7-8-12-26(24)37/h4-19,32H,3,20H2,1-2H3/b29-19-/t32-/m0/s1. The fourth-order valence-electron chi connectivity index (χ4n) is 5.28. The molecule has 238 valence electrons. The third kappa shape index (κ3) is 6.76. The maximum absolute atomic E-state index is 14.2. The van der Waals surface area contributed by atoms with Crippen LogP contribution in [0, 0.1) is 9.39 Å². The minimum Gasteiger partial charge on any atom is -0.493 e. The van der Waals surface area contributed by atoms with Crippen molar-refractivity contribution in [2.24, 2.45) is 4.99 Å². The van der Waals surface area contributed by atoms with Crippen LogP contribution in [0.15, 0.2) is 106 Å². The minimum absolute atomic E-state index is 0.128. The van der Waals surface area contributed by atoms with Gasteiger partial charge in [0.2, 0.25) is 0 Å². The van der Waals surface area contributed by atoms with Gasteiger partial charge in [0.1, 0.15) is 12.4 Å². The molecular weight excluding hydrogens is 754 g/mol. The fraction of sp³-hybridized carbons (Fsp3) is 0.139. The molecule has 0 saturated heterocycles. The van der Waals surface area contributed by atoms with Gasteiger partial charge >= 0.3 is 5.97 Å². The van der Waals surface area contributed by atoms with Gasteiger partial charge in [-0.2, -0.15) is 0 Å². The van der Waals surface area contributed by atoms with Gasteiger partial charge in [-0.15, -0.1) is 0 Å². The molecule has 0 fully saturated rings. The lowest BCUT2D eigenvalue weighted by atomic mass is 9.93. The molecule has 1 aromatic heterocycles. The molecule has 47 heavy (non-hydrogen) atoms. The first-order chi connectivity index (χ1) is 22.8. The maximum atomic E-state index is 14.2. The number of carbonyl (C=O) groups excluding carboxylic acids is 1. The molecule has 0 unspecified atom stereocenters. The number of ether oxygens (including phenoxy) is 3. The van der Waals surface area contributed by atoms with Crippen molar-refractivity contribution in [2.45, 2.75) is 19.6 Å². The van der Waals surface area contributed by atoms with Gasteiger partial charge in [-0.1, -0.05) is 83.6 Å². The van der Waals surface area contributed by atoms with Crippen molar-refractivity contribution in [3.8, 4) is 11.5 Å². The summed E-state index contributed by atoms with van der Waals surface area (Å²) in [6.07, 6.45) is 1.75. The van der Waals surface area contributed by atoms with Crippen LogP contribution in [0.2, 0.25) is 5.02 Å². The Kier molecular flexibility index (Phi) is 9.90. The van der Waals surface area contributed by atoms with E-state index >= 15 is 0 Å². The molecule has 1 aliphatic rings. The van der Waals surface area contributed by atoms with Gasteiger partial charge in [-0.25, -0.2) is 14.2 Å². The predicted octanol–water partition coefficient (Wildman–Crippen LogP) is 6.92. The number of hydrogen-bond donors (Lipinski definition) is 0. The number of nitrogens with zero attached hydrogens (tertiary/aromatic N) is 2. The summed E-state index contributed by atoms with van der Waals surface area (Å²) in [5.74, 6) is -0.00280. The van der Waals surface area contributed by atoms with Crippen molar-refractivity contribution >= 4 is 63.3 Å². The van der Waals surface area contributed by atoms with E-state index in [0.29, 0.717) is 48.2 Å². The van der Waals surface area contributed by atoms with E-state index in [1.165, 1.54) is 28.0 Å². The summed E-state index contributed by atoms with van der Waals surface area (Å²) < 4.78 is 34.0. The Hall–Kier alpha value is -4.26. The van der Waals surface area contributed by atoms with Crippen LogP contribution < -0.4 is 24.4 Å². The Labute approximate surface area is 292 Å². The third-order valence-electron chi connectivity index (χ3n) is 7.44. The second-order valence-electron chi connectivity index (χ2n) is 10.4. The lowest BCUT2D eigenvalue weighted by Crippen LogP contribution is -2.40. The number of thiazole rings is 1. The number of hydrogen-bond acceptors (Lipinski definition) is 7. The van der Waals surface area contributed by atoms with Crippen LogP contribution in [-0.2, 0) is 16.1 Å². The smallest absolute Gasteiger partial charge is 0.338 e. The third-order valence-corrected chi connectivity index (χ3v) is 9.59. The molecular formula is C36H27ClFIN2O5S.